The summed E-state index contributed by atoms with van der Waals surface area (Å²) in [6, 6.07) is -1.90. The van der Waals surface area contributed by atoms with Crippen molar-refractivity contribution in [3.63, 3.8) is 0 Å². The van der Waals surface area contributed by atoms with Crippen LogP contribution in [0.1, 0.15) is 6.92 Å². The first kappa shape index (κ1) is 14.7. The molecular formula is C9H18N2O5. The summed E-state index contributed by atoms with van der Waals surface area (Å²) in [5, 5.41) is 21.8. The summed E-state index contributed by atoms with van der Waals surface area (Å²) in [6.07, 6.45) is 0. The molecular weight excluding hydrogens is 216 g/mol. The highest BCUT2D eigenvalue weighted by Crippen LogP contribution is 1.92. The van der Waals surface area contributed by atoms with Gasteiger partial charge in [-0.15, -0.1) is 0 Å². The number of carboxylic acid groups (broad SMARTS) is 1. The zero-order valence-electron chi connectivity index (χ0n) is 9.40. The molecule has 2 atom stereocenters. The van der Waals surface area contributed by atoms with Gasteiger partial charge in [0.05, 0.1) is 13.2 Å². The van der Waals surface area contributed by atoms with Crippen LogP contribution in [0.3, 0.4) is 0 Å². The number of hydrogen-bond acceptors (Lipinski definition) is 4. The van der Waals surface area contributed by atoms with Gasteiger partial charge in [0.2, 0.25) is 0 Å². The van der Waals surface area contributed by atoms with E-state index in [1.165, 1.54) is 0 Å². The largest absolute Gasteiger partial charge is 0.480 e. The van der Waals surface area contributed by atoms with E-state index in [1.54, 1.807) is 7.11 Å². The van der Waals surface area contributed by atoms with Gasteiger partial charge in [0.1, 0.15) is 0 Å². The molecule has 0 bridgehead atoms. The number of carboxylic acids is 1. The SMILES string of the molecule is COCC(C)CNC(=O)N[C@H](CO)C(=O)O. The van der Waals surface area contributed by atoms with E-state index in [2.05, 4.69) is 10.6 Å². The Morgan fingerprint density at radius 2 is 2.06 bits per heavy atom. The number of carbonyl (C=O) groups excluding carboxylic acids is 1. The molecule has 0 aliphatic heterocycles. The molecule has 4 N–H and O–H groups in total. The maximum absolute atomic E-state index is 11.2. The second-order valence-corrected chi connectivity index (χ2v) is 3.49. The van der Waals surface area contributed by atoms with Crippen LogP contribution in [-0.2, 0) is 9.53 Å². The van der Waals surface area contributed by atoms with Crippen molar-refractivity contribution in [1.29, 1.82) is 0 Å². The Balaban J connectivity index is 3.85. The predicted molar refractivity (Wildman–Crippen MR) is 56.1 cm³/mol. The Bertz CT molecular complexity index is 234. The highest BCUT2D eigenvalue weighted by molar-refractivity contribution is 5.82. The summed E-state index contributed by atoms with van der Waals surface area (Å²) in [6.45, 7) is 2.11. The third-order valence-corrected chi connectivity index (χ3v) is 1.85. The number of rotatable bonds is 7. The standard InChI is InChI=1S/C9H18N2O5/c1-6(5-16-2)3-10-9(15)11-7(4-12)8(13)14/h6-7,12H,3-5H2,1-2H3,(H,13,14)(H2,10,11,15)/t6?,7-/m1/s1. The number of carbonyl (C=O) groups is 2. The van der Waals surface area contributed by atoms with Crippen molar-refractivity contribution in [2.24, 2.45) is 5.92 Å². The summed E-state index contributed by atoms with van der Waals surface area (Å²) in [5.74, 6) is -1.14. The Hall–Kier alpha value is -1.34. The van der Waals surface area contributed by atoms with Crippen LogP contribution in [0.25, 0.3) is 0 Å². The van der Waals surface area contributed by atoms with Gasteiger partial charge in [0.25, 0.3) is 0 Å². The minimum absolute atomic E-state index is 0.133. The van der Waals surface area contributed by atoms with Crippen molar-refractivity contribution in [3.8, 4) is 0 Å². The average Bonchev–Trinajstić information content (AvgIpc) is 2.23. The smallest absolute Gasteiger partial charge is 0.328 e. The Kier molecular flexibility index (Phi) is 7.23. The molecule has 16 heavy (non-hydrogen) atoms. The van der Waals surface area contributed by atoms with Crippen LogP contribution < -0.4 is 10.6 Å². The van der Waals surface area contributed by atoms with E-state index in [1.807, 2.05) is 6.92 Å². The van der Waals surface area contributed by atoms with E-state index in [0.29, 0.717) is 13.2 Å². The average molecular weight is 234 g/mol. The first-order chi connectivity index (χ1) is 7.51. The molecule has 0 radical (unpaired) electrons. The normalized spacial score (nSPS) is 13.9. The van der Waals surface area contributed by atoms with Gasteiger partial charge in [-0.1, -0.05) is 6.92 Å². The van der Waals surface area contributed by atoms with Crippen LogP contribution >= 0.6 is 0 Å². The quantitative estimate of drug-likeness (QED) is 0.452. The van der Waals surface area contributed by atoms with Crippen LogP contribution in [0.15, 0.2) is 0 Å². The first-order valence-corrected chi connectivity index (χ1v) is 4.88. The number of urea groups is 1. The lowest BCUT2D eigenvalue weighted by atomic mass is 10.2. The molecule has 0 fully saturated rings. The van der Waals surface area contributed by atoms with E-state index in [4.69, 9.17) is 14.9 Å². The fourth-order valence-corrected chi connectivity index (χ4v) is 1.01. The Morgan fingerprint density at radius 3 is 2.50 bits per heavy atom. The van der Waals surface area contributed by atoms with E-state index in [9.17, 15) is 9.59 Å². The predicted octanol–water partition coefficient (Wildman–Crippen LogP) is -0.986. The fourth-order valence-electron chi connectivity index (χ4n) is 1.01. The van der Waals surface area contributed by atoms with Crippen molar-refractivity contribution in [1.82, 2.24) is 10.6 Å². The number of amides is 2. The van der Waals surface area contributed by atoms with Crippen molar-refractivity contribution < 1.29 is 24.5 Å². The fraction of sp³-hybridized carbons (Fsp3) is 0.778. The summed E-state index contributed by atoms with van der Waals surface area (Å²) in [4.78, 5) is 21.7. The molecule has 0 aliphatic rings. The summed E-state index contributed by atoms with van der Waals surface area (Å²) >= 11 is 0. The minimum Gasteiger partial charge on any atom is -0.480 e. The second kappa shape index (κ2) is 7.89. The summed E-state index contributed by atoms with van der Waals surface area (Å²) in [5.41, 5.74) is 0. The van der Waals surface area contributed by atoms with E-state index in [0.717, 1.165) is 0 Å². The molecule has 0 saturated heterocycles. The van der Waals surface area contributed by atoms with E-state index >= 15 is 0 Å². The number of hydrogen-bond donors (Lipinski definition) is 4. The number of aliphatic hydroxyl groups is 1. The number of aliphatic hydroxyl groups excluding tert-OH is 1. The van der Waals surface area contributed by atoms with Crippen LogP contribution in [-0.4, -0.2) is 55.1 Å². The molecule has 94 valence electrons. The van der Waals surface area contributed by atoms with Gasteiger partial charge in [-0.25, -0.2) is 9.59 Å². The number of nitrogens with one attached hydrogen (secondary N) is 2. The van der Waals surface area contributed by atoms with Gasteiger partial charge in [0, 0.05) is 13.7 Å². The first-order valence-electron chi connectivity index (χ1n) is 4.88. The molecule has 0 rings (SSSR count). The lowest BCUT2D eigenvalue weighted by Crippen LogP contribution is -2.48. The van der Waals surface area contributed by atoms with Crippen molar-refractivity contribution in [2.75, 3.05) is 26.9 Å². The summed E-state index contributed by atoms with van der Waals surface area (Å²) in [7, 11) is 1.56. The van der Waals surface area contributed by atoms with Crippen LogP contribution in [0.2, 0.25) is 0 Å². The van der Waals surface area contributed by atoms with Gasteiger partial charge < -0.3 is 25.6 Å². The molecule has 0 aromatic rings. The molecule has 0 aliphatic carbocycles. The Morgan fingerprint density at radius 1 is 1.44 bits per heavy atom. The lowest BCUT2D eigenvalue weighted by Gasteiger charge is -2.15. The van der Waals surface area contributed by atoms with Crippen LogP contribution in [0, 0.1) is 5.92 Å². The maximum atomic E-state index is 11.2. The minimum atomic E-state index is -1.28. The summed E-state index contributed by atoms with van der Waals surface area (Å²) < 4.78 is 4.87. The number of ether oxygens (including phenoxy) is 1. The van der Waals surface area contributed by atoms with Gasteiger partial charge in [-0.05, 0) is 5.92 Å². The molecule has 0 heterocycles. The topological polar surface area (TPSA) is 108 Å². The van der Waals surface area contributed by atoms with Crippen molar-refractivity contribution >= 4 is 12.0 Å². The number of methoxy groups -OCH3 is 1. The Labute approximate surface area is 93.8 Å². The molecule has 7 heteroatoms. The second-order valence-electron chi connectivity index (χ2n) is 3.49. The van der Waals surface area contributed by atoms with Crippen LogP contribution in [0.5, 0.6) is 0 Å². The third kappa shape index (κ3) is 6.20. The van der Waals surface area contributed by atoms with Gasteiger partial charge in [-0.3, -0.25) is 0 Å². The molecule has 0 aromatic carbocycles. The van der Waals surface area contributed by atoms with E-state index in [-0.39, 0.29) is 5.92 Å². The van der Waals surface area contributed by atoms with Crippen molar-refractivity contribution in [3.05, 3.63) is 0 Å². The van der Waals surface area contributed by atoms with Gasteiger partial charge in [0.15, 0.2) is 6.04 Å². The van der Waals surface area contributed by atoms with E-state index < -0.39 is 24.6 Å². The monoisotopic (exact) mass is 234 g/mol. The van der Waals surface area contributed by atoms with Crippen LogP contribution in [0.4, 0.5) is 4.79 Å². The molecule has 0 aromatic heterocycles. The maximum Gasteiger partial charge on any atom is 0.328 e. The molecule has 0 spiro atoms. The van der Waals surface area contributed by atoms with Gasteiger partial charge in [-0.2, -0.15) is 0 Å². The van der Waals surface area contributed by atoms with Crippen molar-refractivity contribution in [2.45, 2.75) is 13.0 Å². The molecule has 1 unspecified atom stereocenters. The molecule has 7 nitrogen and oxygen atoms in total. The molecule has 0 saturated carbocycles. The zero-order valence-corrected chi connectivity index (χ0v) is 9.40. The lowest BCUT2D eigenvalue weighted by molar-refractivity contribution is -0.140. The zero-order chi connectivity index (χ0) is 12.6. The molecule has 2 amide bonds. The highest BCUT2D eigenvalue weighted by Gasteiger charge is 2.18. The highest BCUT2D eigenvalue weighted by atomic mass is 16.5. The third-order valence-electron chi connectivity index (χ3n) is 1.85. The number of aliphatic carboxylic acids is 1. The van der Waals surface area contributed by atoms with Gasteiger partial charge >= 0.3 is 12.0 Å².